The number of hydrogen-bond acceptors (Lipinski definition) is 4. The molecule has 1 aromatic heterocycles. The highest BCUT2D eigenvalue weighted by molar-refractivity contribution is 9.10. The first-order valence-electron chi connectivity index (χ1n) is 6.37. The van der Waals surface area contributed by atoms with Crippen LogP contribution in [0.4, 0.5) is 14.6 Å². The van der Waals surface area contributed by atoms with Gasteiger partial charge in [0.25, 0.3) is 0 Å². The summed E-state index contributed by atoms with van der Waals surface area (Å²) < 4.78 is 32.9. The zero-order valence-electron chi connectivity index (χ0n) is 11.6. The molecular weight excluding hydrogens is 344 g/mol. The first-order valence-corrected chi connectivity index (χ1v) is 7.17. The first-order chi connectivity index (χ1) is 9.92. The van der Waals surface area contributed by atoms with E-state index in [4.69, 9.17) is 10.5 Å². The van der Waals surface area contributed by atoms with E-state index in [1.54, 1.807) is 6.92 Å². The lowest BCUT2D eigenvalue weighted by Gasteiger charge is -2.12. The Kier molecular flexibility index (Phi) is 4.72. The molecule has 4 nitrogen and oxygen atoms in total. The normalized spacial score (nSPS) is 10.7. The fourth-order valence-corrected chi connectivity index (χ4v) is 2.11. The number of benzene rings is 1. The predicted molar refractivity (Wildman–Crippen MR) is 79.3 cm³/mol. The van der Waals surface area contributed by atoms with Gasteiger partial charge in [-0.05, 0) is 25.5 Å². The fourth-order valence-electron chi connectivity index (χ4n) is 1.70. The molecule has 0 unspecified atom stereocenters. The third-order valence-electron chi connectivity index (χ3n) is 2.82. The summed E-state index contributed by atoms with van der Waals surface area (Å²) in [6, 6.07) is 2.35. The number of aryl methyl sites for hydroxylation is 1. The van der Waals surface area contributed by atoms with Crippen molar-refractivity contribution in [1.29, 1.82) is 0 Å². The molecule has 7 heteroatoms. The number of nitrogens with two attached hydrogens (primary N) is 1. The Morgan fingerprint density at radius 3 is 2.67 bits per heavy atom. The van der Waals surface area contributed by atoms with Gasteiger partial charge in [0.15, 0.2) is 11.6 Å². The summed E-state index contributed by atoms with van der Waals surface area (Å²) in [7, 11) is 0. The van der Waals surface area contributed by atoms with Crippen molar-refractivity contribution in [1.82, 2.24) is 9.97 Å². The lowest BCUT2D eigenvalue weighted by molar-refractivity contribution is 0.400. The molecule has 0 aliphatic rings. The second kappa shape index (κ2) is 6.34. The van der Waals surface area contributed by atoms with Crippen LogP contribution in [0.2, 0.25) is 0 Å². The van der Waals surface area contributed by atoms with Crippen LogP contribution < -0.4 is 10.5 Å². The number of hydrogen-bond donors (Lipinski definition) is 1. The monoisotopic (exact) mass is 357 g/mol. The number of rotatable bonds is 4. The van der Waals surface area contributed by atoms with E-state index in [9.17, 15) is 8.78 Å². The van der Waals surface area contributed by atoms with Crippen LogP contribution in [0, 0.1) is 18.6 Å². The molecular formula is C14H14BrF2N3O. The Bertz CT molecular complexity index is 680. The summed E-state index contributed by atoms with van der Waals surface area (Å²) >= 11 is 3.09. The second-order valence-corrected chi connectivity index (χ2v) is 5.42. The maximum Gasteiger partial charge on any atom is 0.227 e. The molecule has 0 saturated carbocycles. The predicted octanol–water partition coefficient (Wildman–Crippen LogP) is 4.15. The molecule has 0 aliphatic heterocycles. The van der Waals surface area contributed by atoms with Gasteiger partial charge in [0.05, 0.1) is 5.56 Å². The topological polar surface area (TPSA) is 61.0 Å². The maximum absolute atomic E-state index is 13.8. The van der Waals surface area contributed by atoms with Gasteiger partial charge >= 0.3 is 0 Å². The third-order valence-corrected chi connectivity index (χ3v) is 3.28. The molecule has 2 rings (SSSR count). The van der Waals surface area contributed by atoms with Gasteiger partial charge in [-0.1, -0.05) is 22.9 Å². The van der Waals surface area contributed by atoms with Crippen LogP contribution in [-0.4, -0.2) is 9.97 Å². The Morgan fingerprint density at radius 2 is 2.00 bits per heavy atom. The molecule has 112 valence electrons. The van der Waals surface area contributed by atoms with E-state index < -0.39 is 11.6 Å². The summed E-state index contributed by atoms with van der Waals surface area (Å²) in [4.78, 5) is 8.33. The van der Waals surface area contributed by atoms with Crippen molar-refractivity contribution in [3.05, 3.63) is 39.6 Å². The smallest absolute Gasteiger partial charge is 0.227 e. The van der Waals surface area contributed by atoms with Crippen molar-refractivity contribution in [3.63, 3.8) is 0 Å². The Hall–Kier alpha value is -1.76. The highest BCUT2D eigenvalue weighted by Crippen LogP contribution is 2.31. The van der Waals surface area contributed by atoms with Crippen LogP contribution in [0.1, 0.15) is 24.7 Å². The van der Waals surface area contributed by atoms with Crippen LogP contribution in [0.25, 0.3) is 0 Å². The molecule has 2 N–H and O–H groups in total. The SMILES string of the molecule is CCCc1nc(N)c(C)c(Oc2cc(Br)cc(F)c2F)n1. The average molecular weight is 358 g/mol. The molecule has 0 amide bonds. The zero-order chi connectivity index (χ0) is 15.6. The number of nitrogen functional groups attached to an aromatic ring is 1. The number of halogens is 3. The number of ether oxygens (including phenoxy) is 1. The van der Waals surface area contributed by atoms with Crippen LogP contribution in [0.3, 0.4) is 0 Å². The van der Waals surface area contributed by atoms with E-state index in [1.807, 2.05) is 6.92 Å². The van der Waals surface area contributed by atoms with Crippen molar-refractivity contribution in [2.45, 2.75) is 26.7 Å². The maximum atomic E-state index is 13.8. The zero-order valence-corrected chi connectivity index (χ0v) is 13.2. The van der Waals surface area contributed by atoms with Crippen molar-refractivity contribution >= 4 is 21.7 Å². The highest BCUT2D eigenvalue weighted by atomic mass is 79.9. The van der Waals surface area contributed by atoms with Gasteiger partial charge in [0, 0.05) is 10.9 Å². The average Bonchev–Trinajstić information content (AvgIpc) is 2.41. The molecule has 0 saturated heterocycles. The lowest BCUT2D eigenvalue weighted by atomic mass is 10.2. The largest absolute Gasteiger partial charge is 0.435 e. The highest BCUT2D eigenvalue weighted by Gasteiger charge is 2.16. The van der Waals surface area contributed by atoms with Crippen molar-refractivity contribution in [3.8, 4) is 11.6 Å². The van der Waals surface area contributed by atoms with Gasteiger partial charge in [-0.15, -0.1) is 0 Å². The van der Waals surface area contributed by atoms with Crippen molar-refractivity contribution < 1.29 is 13.5 Å². The van der Waals surface area contributed by atoms with Gasteiger partial charge in [0.2, 0.25) is 11.7 Å². The minimum absolute atomic E-state index is 0.127. The molecule has 1 aromatic carbocycles. The summed E-state index contributed by atoms with van der Waals surface area (Å²) in [5.74, 6) is -1.45. The van der Waals surface area contributed by atoms with Crippen molar-refractivity contribution in [2.75, 3.05) is 5.73 Å². The molecule has 0 fully saturated rings. The van der Waals surface area contributed by atoms with E-state index in [1.165, 1.54) is 6.07 Å². The summed E-state index contributed by atoms with van der Waals surface area (Å²) in [5, 5.41) is 0. The Balaban J connectivity index is 2.44. The van der Waals surface area contributed by atoms with Gasteiger partial charge in [-0.25, -0.2) is 9.37 Å². The number of aromatic nitrogens is 2. The molecule has 0 bridgehead atoms. The number of nitrogens with zero attached hydrogens (tertiary/aromatic N) is 2. The Labute approximate surface area is 129 Å². The summed E-state index contributed by atoms with van der Waals surface area (Å²) in [6.07, 6.45) is 1.46. The fraction of sp³-hybridized carbons (Fsp3) is 0.286. The van der Waals surface area contributed by atoms with Gasteiger partial charge in [0.1, 0.15) is 11.6 Å². The van der Waals surface area contributed by atoms with E-state index in [-0.39, 0.29) is 17.4 Å². The molecule has 0 spiro atoms. The molecule has 21 heavy (non-hydrogen) atoms. The quantitative estimate of drug-likeness (QED) is 0.834. The van der Waals surface area contributed by atoms with Crippen molar-refractivity contribution in [2.24, 2.45) is 0 Å². The van der Waals surface area contributed by atoms with Gasteiger partial charge < -0.3 is 10.5 Å². The first kappa shape index (κ1) is 15.6. The molecule has 2 aromatic rings. The van der Waals surface area contributed by atoms with Crippen LogP contribution in [0.5, 0.6) is 11.6 Å². The lowest BCUT2D eigenvalue weighted by Crippen LogP contribution is -2.05. The van der Waals surface area contributed by atoms with E-state index >= 15 is 0 Å². The minimum atomic E-state index is -1.08. The molecule has 0 radical (unpaired) electrons. The van der Waals surface area contributed by atoms with Crippen LogP contribution >= 0.6 is 15.9 Å². The van der Waals surface area contributed by atoms with E-state index in [2.05, 4.69) is 25.9 Å². The summed E-state index contributed by atoms with van der Waals surface area (Å²) in [6.45, 7) is 3.63. The molecule has 0 atom stereocenters. The standard InChI is InChI=1S/C14H14BrF2N3O/c1-3-4-11-19-13(18)7(2)14(20-11)21-10-6-8(15)5-9(16)12(10)17/h5-6H,3-4H2,1-2H3,(H2,18,19,20). The van der Waals surface area contributed by atoms with E-state index in [0.29, 0.717) is 22.3 Å². The summed E-state index contributed by atoms with van der Waals surface area (Å²) in [5.41, 5.74) is 6.28. The molecule has 0 aliphatic carbocycles. The van der Waals surface area contributed by atoms with Gasteiger partial charge in [-0.3, -0.25) is 0 Å². The van der Waals surface area contributed by atoms with E-state index in [0.717, 1.165) is 12.5 Å². The van der Waals surface area contributed by atoms with Gasteiger partial charge in [-0.2, -0.15) is 9.37 Å². The van der Waals surface area contributed by atoms with Crippen LogP contribution in [-0.2, 0) is 6.42 Å². The number of anilines is 1. The second-order valence-electron chi connectivity index (χ2n) is 4.51. The minimum Gasteiger partial charge on any atom is -0.435 e. The molecule has 1 heterocycles. The van der Waals surface area contributed by atoms with Crippen LogP contribution in [0.15, 0.2) is 16.6 Å². The third kappa shape index (κ3) is 3.47. The Morgan fingerprint density at radius 1 is 1.29 bits per heavy atom.